The molecule has 0 radical (unpaired) electrons. The molecule has 0 atom stereocenters. The zero-order valence-corrected chi connectivity index (χ0v) is 13.8. The summed E-state index contributed by atoms with van der Waals surface area (Å²) in [5.41, 5.74) is 0.773. The van der Waals surface area contributed by atoms with E-state index in [0.717, 1.165) is 50.2 Å². The summed E-state index contributed by atoms with van der Waals surface area (Å²) in [4.78, 5) is 14.2. The molecular formula is C18H28N2O2. The van der Waals surface area contributed by atoms with Crippen LogP contribution in [0.1, 0.15) is 52.4 Å². The predicted molar refractivity (Wildman–Crippen MR) is 90.5 cm³/mol. The second-order valence-corrected chi connectivity index (χ2v) is 5.88. The number of nitrogens with one attached hydrogen (secondary N) is 1. The summed E-state index contributed by atoms with van der Waals surface area (Å²) in [6, 6.07) is 7.69. The Balaban J connectivity index is 2.00. The quantitative estimate of drug-likeness (QED) is 0.796. The number of urea groups is 1. The Kier molecular flexibility index (Phi) is 6.56. The van der Waals surface area contributed by atoms with Crippen LogP contribution in [-0.4, -0.2) is 30.1 Å². The fourth-order valence-electron chi connectivity index (χ4n) is 2.80. The van der Waals surface area contributed by atoms with Crippen molar-refractivity contribution in [2.24, 2.45) is 0 Å². The fourth-order valence-corrected chi connectivity index (χ4v) is 2.80. The summed E-state index contributed by atoms with van der Waals surface area (Å²) in [6.07, 6.45) is 7.10. The molecule has 0 heterocycles. The molecule has 4 heteroatoms. The summed E-state index contributed by atoms with van der Waals surface area (Å²) in [5, 5.41) is 3.01. The summed E-state index contributed by atoms with van der Waals surface area (Å²) in [6.45, 7) is 5.66. The molecule has 1 saturated carbocycles. The number of nitrogens with zero attached hydrogens (tertiary/aromatic N) is 1. The van der Waals surface area contributed by atoms with Crippen molar-refractivity contribution in [3.8, 4) is 5.75 Å². The third-order valence-electron chi connectivity index (χ3n) is 4.18. The number of carbonyl (C=O) groups excluding carboxylic acids is 1. The molecule has 2 rings (SSSR count). The van der Waals surface area contributed by atoms with Crippen molar-refractivity contribution >= 4 is 11.7 Å². The van der Waals surface area contributed by atoms with Crippen LogP contribution in [0.3, 0.4) is 0 Å². The molecule has 1 N–H and O–H groups in total. The molecular weight excluding hydrogens is 276 g/mol. The topological polar surface area (TPSA) is 41.6 Å². The van der Waals surface area contributed by atoms with Gasteiger partial charge in [0.05, 0.1) is 11.8 Å². The molecule has 0 aromatic heterocycles. The van der Waals surface area contributed by atoms with Gasteiger partial charge in [-0.3, -0.25) is 0 Å². The molecule has 1 aromatic carbocycles. The molecule has 122 valence electrons. The number of carbonyl (C=O) groups is 1. The van der Waals surface area contributed by atoms with Crippen molar-refractivity contribution in [3.63, 3.8) is 0 Å². The van der Waals surface area contributed by atoms with Crippen molar-refractivity contribution < 1.29 is 9.53 Å². The molecule has 2 amide bonds. The van der Waals surface area contributed by atoms with E-state index in [4.69, 9.17) is 4.74 Å². The van der Waals surface area contributed by atoms with Gasteiger partial charge < -0.3 is 15.0 Å². The highest BCUT2D eigenvalue weighted by atomic mass is 16.5. The third-order valence-corrected chi connectivity index (χ3v) is 4.18. The van der Waals surface area contributed by atoms with Crippen molar-refractivity contribution in [3.05, 3.63) is 24.3 Å². The van der Waals surface area contributed by atoms with E-state index in [1.54, 1.807) is 0 Å². The van der Waals surface area contributed by atoms with Crippen molar-refractivity contribution in [2.75, 3.05) is 18.4 Å². The van der Waals surface area contributed by atoms with Crippen LogP contribution >= 0.6 is 0 Å². The highest BCUT2D eigenvalue weighted by molar-refractivity contribution is 5.90. The minimum Gasteiger partial charge on any atom is -0.488 e. The first-order chi connectivity index (χ1) is 10.7. The highest BCUT2D eigenvalue weighted by Gasteiger charge is 2.19. The van der Waals surface area contributed by atoms with Crippen LogP contribution < -0.4 is 10.1 Å². The van der Waals surface area contributed by atoms with Gasteiger partial charge in [-0.15, -0.1) is 0 Å². The average Bonchev–Trinajstić information content (AvgIpc) is 3.03. The van der Waals surface area contributed by atoms with Gasteiger partial charge >= 0.3 is 6.03 Å². The molecule has 0 unspecified atom stereocenters. The van der Waals surface area contributed by atoms with Crippen LogP contribution in [0.15, 0.2) is 24.3 Å². The van der Waals surface area contributed by atoms with Crippen LogP contribution in [0.2, 0.25) is 0 Å². The van der Waals surface area contributed by atoms with Crippen molar-refractivity contribution in [2.45, 2.75) is 58.5 Å². The molecule has 0 saturated heterocycles. The maximum Gasteiger partial charge on any atom is 0.321 e. The Labute approximate surface area is 133 Å². The van der Waals surface area contributed by atoms with Crippen LogP contribution in [-0.2, 0) is 0 Å². The Morgan fingerprint density at radius 1 is 1.27 bits per heavy atom. The van der Waals surface area contributed by atoms with Crippen LogP contribution in [0.4, 0.5) is 10.5 Å². The van der Waals surface area contributed by atoms with Crippen LogP contribution in [0, 0.1) is 0 Å². The molecule has 0 bridgehead atoms. The van der Waals surface area contributed by atoms with Crippen LogP contribution in [0.25, 0.3) is 0 Å². The number of amides is 2. The van der Waals surface area contributed by atoms with E-state index >= 15 is 0 Å². The smallest absolute Gasteiger partial charge is 0.321 e. The Morgan fingerprint density at radius 2 is 2.00 bits per heavy atom. The summed E-state index contributed by atoms with van der Waals surface area (Å²) in [5.74, 6) is 0.786. The fraction of sp³-hybridized carbons (Fsp3) is 0.611. The number of anilines is 1. The summed E-state index contributed by atoms with van der Waals surface area (Å²) < 4.78 is 6.07. The van der Waals surface area contributed by atoms with Gasteiger partial charge in [0.25, 0.3) is 0 Å². The van der Waals surface area contributed by atoms with Crippen LogP contribution in [0.5, 0.6) is 5.75 Å². The predicted octanol–water partition coefficient (Wildman–Crippen LogP) is 4.66. The lowest BCUT2D eigenvalue weighted by Gasteiger charge is -2.22. The zero-order chi connectivity index (χ0) is 15.8. The van der Waals surface area contributed by atoms with E-state index in [1.807, 2.05) is 36.1 Å². The van der Waals surface area contributed by atoms with Gasteiger partial charge in [-0.1, -0.05) is 25.5 Å². The van der Waals surface area contributed by atoms with E-state index in [1.165, 1.54) is 12.8 Å². The molecule has 4 nitrogen and oxygen atoms in total. The van der Waals surface area contributed by atoms with Gasteiger partial charge in [0.15, 0.2) is 0 Å². The molecule has 0 spiro atoms. The van der Waals surface area contributed by atoms with Gasteiger partial charge in [-0.05, 0) is 51.2 Å². The highest BCUT2D eigenvalue weighted by Crippen LogP contribution is 2.29. The second-order valence-electron chi connectivity index (χ2n) is 5.88. The SMILES string of the molecule is CCCCN(CC)C(=O)Nc1ccccc1OC1CCCC1. The monoisotopic (exact) mass is 304 g/mol. The first kappa shape index (κ1) is 16.7. The number of hydrogen-bond acceptors (Lipinski definition) is 2. The van der Waals surface area contributed by atoms with Gasteiger partial charge in [0.2, 0.25) is 0 Å². The Bertz CT molecular complexity index is 470. The van der Waals surface area contributed by atoms with E-state index in [0.29, 0.717) is 6.10 Å². The van der Waals surface area contributed by atoms with E-state index < -0.39 is 0 Å². The molecule has 1 aromatic rings. The lowest BCUT2D eigenvalue weighted by Crippen LogP contribution is -2.35. The van der Waals surface area contributed by atoms with Crippen molar-refractivity contribution in [1.82, 2.24) is 4.90 Å². The zero-order valence-electron chi connectivity index (χ0n) is 13.8. The maximum atomic E-state index is 12.4. The molecule has 22 heavy (non-hydrogen) atoms. The van der Waals surface area contributed by atoms with Gasteiger partial charge in [0.1, 0.15) is 5.75 Å². The maximum absolute atomic E-state index is 12.4. The first-order valence-electron chi connectivity index (χ1n) is 8.56. The minimum atomic E-state index is -0.0431. The number of para-hydroxylation sites is 2. The lowest BCUT2D eigenvalue weighted by molar-refractivity contribution is 0.207. The summed E-state index contributed by atoms with van der Waals surface area (Å²) in [7, 11) is 0. The standard InChI is InChI=1S/C18H28N2O2/c1-3-5-14-20(4-2)18(21)19-16-12-8-9-13-17(16)22-15-10-6-7-11-15/h8-9,12-13,15H,3-7,10-11,14H2,1-2H3,(H,19,21). The third kappa shape index (κ3) is 4.65. The molecule has 0 aliphatic heterocycles. The van der Waals surface area contributed by atoms with Gasteiger partial charge in [-0.2, -0.15) is 0 Å². The lowest BCUT2D eigenvalue weighted by atomic mass is 10.2. The van der Waals surface area contributed by atoms with E-state index in [-0.39, 0.29) is 6.03 Å². The largest absolute Gasteiger partial charge is 0.488 e. The number of ether oxygens (including phenoxy) is 1. The molecule has 1 fully saturated rings. The normalized spacial score (nSPS) is 14.8. The number of hydrogen-bond donors (Lipinski definition) is 1. The first-order valence-corrected chi connectivity index (χ1v) is 8.56. The number of unbranched alkanes of at least 4 members (excludes halogenated alkanes) is 1. The van der Waals surface area contributed by atoms with E-state index in [2.05, 4.69) is 12.2 Å². The van der Waals surface area contributed by atoms with Gasteiger partial charge in [-0.25, -0.2) is 4.79 Å². The molecule has 1 aliphatic carbocycles. The number of benzene rings is 1. The Morgan fingerprint density at radius 3 is 2.68 bits per heavy atom. The summed E-state index contributed by atoms with van der Waals surface area (Å²) >= 11 is 0. The average molecular weight is 304 g/mol. The van der Waals surface area contributed by atoms with Gasteiger partial charge in [0, 0.05) is 13.1 Å². The molecule has 1 aliphatic rings. The second kappa shape index (κ2) is 8.66. The minimum absolute atomic E-state index is 0.0431. The number of rotatable bonds is 7. The van der Waals surface area contributed by atoms with Crippen molar-refractivity contribution in [1.29, 1.82) is 0 Å². The van der Waals surface area contributed by atoms with E-state index in [9.17, 15) is 4.79 Å². The Hall–Kier alpha value is -1.71.